The SMILES string of the molecule is CC(C(=O)NOCC(=O)O)=C1CNC1. The lowest BCUT2D eigenvalue weighted by Gasteiger charge is -2.21. The first-order valence-corrected chi connectivity index (χ1v) is 4.14. The van der Waals surface area contributed by atoms with Crippen molar-refractivity contribution in [2.24, 2.45) is 0 Å². The summed E-state index contributed by atoms with van der Waals surface area (Å²) in [7, 11) is 0. The van der Waals surface area contributed by atoms with Gasteiger partial charge in [0.25, 0.3) is 5.91 Å². The molecule has 0 aromatic heterocycles. The second kappa shape index (κ2) is 4.73. The predicted octanol–water partition coefficient (Wildman–Crippen LogP) is -0.961. The van der Waals surface area contributed by atoms with Gasteiger partial charge in [0.1, 0.15) is 0 Å². The minimum absolute atomic E-state index is 0.386. The Hall–Kier alpha value is -1.40. The molecule has 78 valence electrons. The summed E-state index contributed by atoms with van der Waals surface area (Å²) in [5, 5.41) is 11.2. The van der Waals surface area contributed by atoms with Crippen molar-refractivity contribution in [2.75, 3.05) is 19.7 Å². The average Bonchev–Trinajstić information content (AvgIpc) is 2.00. The minimum Gasteiger partial charge on any atom is -0.479 e. The maximum atomic E-state index is 11.2. The molecule has 0 atom stereocenters. The first-order valence-electron chi connectivity index (χ1n) is 4.14. The third kappa shape index (κ3) is 2.82. The number of hydrogen-bond donors (Lipinski definition) is 3. The van der Waals surface area contributed by atoms with Crippen LogP contribution in [0.3, 0.4) is 0 Å². The van der Waals surface area contributed by atoms with Crippen LogP contribution in [0, 0.1) is 0 Å². The highest BCUT2D eigenvalue weighted by Gasteiger charge is 2.15. The lowest BCUT2D eigenvalue weighted by molar-refractivity contribution is -0.148. The van der Waals surface area contributed by atoms with E-state index in [0.29, 0.717) is 18.7 Å². The van der Waals surface area contributed by atoms with E-state index in [9.17, 15) is 9.59 Å². The van der Waals surface area contributed by atoms with E-state index in [-0.39, 0.29) is 5.91 Å². The first kappa shape index (κ1) is 10.7. The molecule has 1 rings (SSSR count). The second-order valence-electron chi connectivity index (χ2n) is 2.95. The van der Waals surface area contributed by atoms with Crippen molar-refractivity contribution >= 4 is 11.9 Å². The van der Waals surface area contributed by atoms with E-state index < -0.39 is 12.6 Å². The summed E-state index contributed by atoms with van der Waals surface area (Å²) in [6.07, 6.45) is 0. The number of nitrogens with one attached hydrogen (secondary N) is 2. The first-order chi connectivity index (χ1) is 6.61. The van der Waals surface area contributed by atoms with Crippen LogP contribution in [-0.4, -0.2) is 36.7 Å². The van der Waals surface area contributed by atoms with Crippen LogP contribution < -0.4 is 10.8 Å². The van der Waals surface area contributed by atoms with E-state index in [4.69, 9.17) is 5.11 Å². The number of hydroxylamine groups is 1. The van der Waals surface area contributed by atoms with Crippen LogP contribution in [0.1, 0.15) is 6.92 Å². The second-order valence-corrected chi connectivity index (χ2v) is 2.95. The van der Waals surface area contributed by atoms with Gasteiger partial charge >= 0.3 is 5.97 Å². The molecule has 3 N–H and O–H groups in total. The monoisotopic (exact) mass is 200 g/mol. The van der Waals surface area contributed by atoms with Gasteiger partial charge < -0.3 is 10.4 Å². The van der Waals surface area contributed by atoms with Crippen molar-refractivity contribution in [2.45, 2.75) is 6.92 Å². The lowest BCUT2D eigenvalue weighted by atomic mass is 10.0. The van der Waals surface area contributed by atoms with Gasteiger partial charge in [-0.2, -0.15) is 0 Å². The molecule has 1 heterocycles. The van der Waals surface area contributed by atoms with Crippen LogP contribution in [-0.2, 0) is 14.4 Å². The largest absolute Gasteiger partial charge is 0.479 e. The van der Waals surface area contributed by atoms with Crippen molar-refractivity contribution in [3.63, 3.8) is 0 Å². The van der Waals surface area contributed by atoms with Gasteiger partial charge in [0.15, 0.2) is 6.61 Å². The van der Waals surface area contributed by atoms with Gasteiger partial charge in [-0.15, -0.1) is 0 Å². The number of amides is 1. The van der Waals surface area contributed by atoms with Gasteiger partial charge in [0.05, 0.1) is 0 Å². The molecule has 6 nitrogen and oxygen atoms in total. The molecule has 0 saturated carbocycles. The third-order valence-electron chi connectivity index (χ3n) is 1.91. The molecular weight excluding hydrogens is 188 g/mol. The highest BCUT2D eigenvalue weighted by Crippen LogP contribution is 2.08. The molecule has 0 aromatic rings. The molecular formula is C8H12N2O4. The molecule has 1 amide bonds. The summed E-state index contributed by atoms with van der Waals surface area (Å²) in [6.45, 7) is 2.55. The van der Waals surface area contributed by atoms with E-state index in [1.807, 2.05) is 0 Å². The third-order valence-corrected chi connectivity index (χ3v) is 1.91. The van der Waals surface area contributed by atoms with Crippen LogP contribution >= 0.6 is 0 Å². The molecule has 0 radical (unpaired) electrons. The van der Waals surface area contributed by atoms with Gasteiger partial charge in [-0.3, -0.25) is 9.63 Å². The summed E-state index contributed by atoms with van der Waals surface area (Å²) in [5.41, 5.74) is 3.65. The molecule has 1 aliphatic heterocycles. The molecule has 0 bridgehead atoms. The molecule has 1 fully saturated rings. The number of carboxylic acid groups (broad SMARTS) is 1. The van der Waals surface area contributed by atoms with E-state index >= 15 is 0 Å². The van der Waals surface area contributed by atoms with Crippen LogP contribution in [0.25, 0.3) is 0 Å². The van der Waals surface area contributed by atoms with E-state index in [0.717, 1.165) is 5.57 Å². The highest BCUT2D eigenvalue weighted by atomic mass is 16.7. The summed E-state index contributed by atoms with van der Waals surface area (Å²) >= 11 is 0. The van der Waals surface area contributed by atoms with E-state index in [1.165, 1.54) is 0 Å². The molecule has 6 heteroatoms. The Morgan fingerprint density at radius 2 is 2.21 bits per heavy atom. The van der Waals surface area contributed by atoms with Crippen molar-refractivity contribution in [1.82, 2.24) is 10.8 Å². The van der Waals surface area contributed by atoms with Crippen LogP contribution in [0.15, 0.2) is 11.1 Å². The fraction of sp³-hybridized carbons (Fsp3) is 0.500. The smallest absolute Gasteiger partial charge is 0.332 e. The Kier molecular flexibility index (Phi) is 3.61. The average molecular weight is 200 g/mol. The summed E-state index contributed by atoms with van der Waals surface area (Å²) < 4.78 is 0. The number of hydrogen-bond acceptors (Lipinski definition) is 4. The summed E-state index contributed by atoms with van der Waals surface area (Å²) in [4.78, 5) is 25.7. The molecule has 0 aliphatic carbocycles. The quantitative estimate of drug-likeness (QED) is 0.402. The molecule has 0 unspecified atom stereocenters. The fourth-order valence-corrected chi connectivity index (χ4v) is 0.916. The Balaban J connectivity index is 2.31. The standard InChI is InChI=1S/C8H12N2O4/c1-5(6-2-9-3-6)8(13)10-14-4-7(11)12/h9H,2-4H2,1H3,(H,10,13)(H,11,12). The number of aliphatic carboxylic acids is 1. The van der Waals surface area contributed by atoms with Crippen LogP contribution in [0.2, 0.25) is 0 Å². The van der Waals surface area contributed by atoms with Gasteiger partial charge in [-0.05, 0) is 12.5 Å². The highest BCUT2D eigenvalue weighted by molar-refractivity contribution is 5.93. The van der Waals surface area contributed by atoms with Crippen molar-refractivity contribution in [1.29, 1.82) is 0 Å². The molecule has 14 heavy (non-hydrogen) atoms. The lowest BCUT2D eigenvalue weighted by Crippen LogP contribution is -2.38. The minimum atomic E-state index is -1.12. The number of carbonyl (C=O) groups excluding carboxylic acids is 1. The Morgan fingerprint density at radius 3 is 2.64 bits per heavy atom. The topological polar surface area (TPSA) is 87.7 Å². The van der Waals surface area contributed by atoms with Crippen molar-refractivity contribution in [3.05, 3.63) is 11.1 Å². The molecule has 1 saturated heterocycles. The maximum Gasteiger partial charge on any atom is 0.332 e. The van der Waals surface area contributed by atoms with Crippen molar-refractivity contribution in [3.8, 4) is 0 Å². The Morgan fingerprint density at radius 1 is 1.57 bits per heavy atom. The van der Waals surface area contributed by atoms with Gasteiger partial charge in [-0.1, -0.05) is 0 Å². The number of carbonyl (C=O) groups is 2. The zero-order valence-corrected chi connectivity index (χ0v) is 7.79. The zero-order chi connectivity index (χ0) is 10.6. The van der Waals surface area contributed by atoms with Gasteiger partial charge in [-0.25, -0.2) is 10.3 Å². The molecule has 0 aromatic carbocycles. The number of rotatable bonds is 4. The Bertz CT molecular complexity index is 279. The predicted molar refractivity (Wildman–Crippen MR) is 47.3 cm³/mol. The van der Waals surface area contributed by atoms with E-state index in [2.05, 4.69) is 15.6 Å². The zero-order valence-electron chi connectivity index (χ0n) is 7.79. The fourth-order valence-electron chi connectivity index (χ4n) is 0.916. The normalized spacial score (nSPS) is 14.5. The maximum absolute atomic E-state index is 11.2. The summed E-state index contributed by atoms with van der Waals surface area (Å²) in [6, 6.07) is 0. The molecule has 1 aliphatic rings. The Labute approximate surface area is 80.9 Å². The number of carboxylic acids is 1. The van der Waals surface area contributed by atoms with Crippen LogP contribution in [0.4, 0.5) is 0 Å². The van der Waals surface area contributed by atoms with Gasteiger partial charge in [0, 0.05) is 18.7 Å². The van der Waals surface area contributed by atoms with Crippen LogP contribution in [0.5, 0.6) is 0 Å². The molecule has 0 spiro atoms. The van der Waals surface area contributed by atoms with E-state index in [1.54, 1.807) is 6.92 Å². The van der Waals surface area contributed by atoms with Gasteiger partial charge in [0.2, 0.25) is 0 Å². The summed E-state index contributed by atoms with van der Waals surface area (Å²) in [5.74, 6) is -1.51. The van der Waals surface area contributed by atoms with Crippen molar-refractivity contribution < 1.29 is 19.5 Å².